The van der Waals surface area contributed by atoms with Gasteiger partial charge in [-0.15, -0.1) is 22.7 Å². The quantitative estimate of drug-likeness (QED) is 0.632. The number of aromatic nitrogens is 2. The molecule has 0 aliphatic heterocycles. The first-order valence-electron chi connectivity index (χ1n) is 6.78. The highest BCUT2D eigenvalue weighted by atomic mass is 32.1. The van der Waals surface area contributed by atoms with Gasteiger partial charge in [0.25, 0.3) is 0 Å². The molecule has 0 atom stereocenters. The van der Waals surface area contributed by atoms with Crippen LogP contribution in [0.2, 0.25) is 0 Å². The van der Waals surface area contributed by atoms with E-state index in [-0.39, 0.29) is 12.3 Å². The molecule has 0 aliphatic rings. The van der Waals surface area contributed by atoms with Crippen LogP contribution in [0, 0.1) is 6.92 Å². The third kappa shape index (κ3) is 3.66. The lowest BCUT2D eigenvalue weighted by Gasteiger charge is -2.00. The minimum Gasteiger partial charge on any atom is -0.454 e. The lowest BCUT2D eigenvalue weighted by molar-refractivity contribution is 0.0460. The third-order valence-electron chi connectivity index (χ3n) is 2.99. The van der Waals surface area contributed by atoms with Crippen LogP contribution in [0.5, 0.6) is 0 Å². The molecule has 0 aromatic carbocycles. The van der Waals surface area contributed by atoms with Crippen LogP contribution in [-0.2, 0) is 22.7 Å². The summed E-state index contributed by atoms with van der Waals surface area (Å²) in [7, 11) is 1.58. The Kier molecular flexibility index (Phi) is 4.85. The molecule has 3 heterocycles. The van der Waals surface area contributed by atoms with E-state index in [1.54, 1.807) is 30.8 Å². The Morgan fingerprint density at radius 3 is 2.91 bits per heavy atom. The number of rotatable bonds is 6. The normalized spacial score (nSPS) is 10.9. The SMILES string of the molecule is COCc1nc(C(=O)OCc2nc(-c3cccs3)oc2C)cs1. The maximum Gasteiger partial charge on any atom is 0.358 e. The summed E-state index contributed by atoms with van der Waals surface area (Å²) < 4.78 is 15.9. The van der Waals surface area contributed by atoms with E-state index in [1.807, 2.05) is 17.5 Å². The summed E-state index contributed by atoms with van der Waals surface area (Å²) in [5.41, 5.74) is 0.885. The number of ether oxygens (including phenoxy) is 2. The molecule has 0 fully saturated rings. The zero-order chi connectivity index (χ0) is 16.2. The van der Waals surface area contributed by atoms with Crippen LogP contribution in [0.3, 0.4) is 0 Å². The van der Waals surface area contributed by atoms with Crippen molar-refractivity contribution in [2.45, 2.75) is 20.1 Å². The second kappa shape index (κ2) is 7.03. The van der Waals surface area contributed by atoms with Crippen molar-refractivity contribution in [1.29, 1.82) is 0 Å². The van der Waals surface area contributed by atoms with Gasteiger partial charge in [0.1, 0.15) is 23.1 Å². The highest BCUT2D eigenvalue weighted by molar-refractivity contribution is 7.13. The van der Waals surface area contributed by atoms with E-state index < -0.39 is 5.97 Å². The first-order chi connectivity index (χ1) is 11.2. The number of thiazole rings is 1. The number of thiophene rings is 1. The molecule has 3 rings (SSSR count). The van der Waals surface area contributed by atoms with Crippen LogP contribution >= 0.6 is 22.7 Å². The van der Waals surface area contributed by atoms with Gasteiger partial charge in [-0.2, -0.15) is 0 Å². The Morgan fingerprint density at radius 1 is 1.30 bits per heavy atom. The molecular formula is C15H14N2O4S2. The molecule has 3 aromatic heterocycles. The van der Waals surface area contributed by atoms with Gasteiger partial charge in [0.05, 0.1) is 11.5 Å². The Bertz CT molecular complexity index is 792. The van der Waals surface area contributed by atoms with E-state index in [1.165, 1.54) is 11.3 Å². The monoisotopic (exact) mass is 350 g/mol. The van der Waals surface area contributed by atoms with Crippen molar-refractivity contribution in [2.24, 2.45) is 0 Å². The zero-order valence-corrected chi connectivity index (χ0v) is 14.2. The number of esters is 1. The Morgan fingerprint density at radius 2 is 2.17 bits per heavy atom. The van der Waals surface area contributed by atoms with Gasteiger partial charge >= 0.3 is 5.97 Å². The number of aryl methyl sites for hydroxylation is 1. The molecule has 8 heteroatoms. The smallest absolute Gasteiger partial charge is 0.358 e. The lowest BCUT2D eigenvalue weighted by Crippen LogP contribution is -2.06. The van der Waals surface area contributed by atoms with Gasteiger partial charge in [-0.1, -0.05) is 6.07 Å². The van der Waals surface area contributed by atoms with Crippen molar-refractivity contribution in [3.05, 3.63) is 45.0 Å². The molecule has 0 bridgehead atoms. The molecule has 0 amide bonds. The highest BCUT2D eigenvalue weighted by Crippen LogP contribution is 2.26. The van der Waals surface area contributed by atoms with Crippen LogP contribution in [0.15, 0.2) is 27.3 Å². The molecule has 0 spiro atoms. The van der Waals surface area contributed by atoms with Crippen LogP contribution < -0.4 is 0 Å². The summed E-state index contributed by atoms with van der Waals surface area (Å²) in [6.07, 6.45) is 0. The van der Waals surface area contributed by atoms with E-state index in [0.717, 1.165) is 9.88 Å². The van der Waals surface area contributed by atoms with E-state index in [9.17, 15) is 4.79 Å². The molecule has 0 radical (unpaired) electrons. The fourth-order valence-electron chi connectivity index (χ4n) is 1.87. The van der Waals surface area contributed by atoms with Crippen LogP contribution in [-0.4, -0.2) is 23.0 Å². The summed E-state index contributed by atoms with van der Waals surface area (Å²) in [5.74, 6) is 0.697. The van der Waals surface area contributed by atoms with E-state index in [2.05, 4.69) is 9.97 Å². The first kappa shape index (κ1) is 15.9. The van der Waals surface area contributed by atoms with Crippen LogP contribution in [0.25, 0.3) is 10.8 Å². The van der Waals surface area contributed by atoms with Crippen LogP contribution in [0.4, 0.5) is 0 Å². The van der Waals surface area contributed by atoms with Crippen molar-refractivity contribution < 1.29 is 18.7 Å². The summed E-state index contributed by atoms with van der Waals surface area (Å²) in [5, 5.41) is 4.34. The first-order valence-corrected chi connectivity index (χ1v) is 8.54. The molecule has 0 unspecified atom stereocenters. The van der Waals surface area contributed by atoms with Crippen molar-refractivity contribution >= 4 is 28.6 Å². The number of hydrogen-bond acceptors (Lipinski definition) is 8. The number of methoxy groups -OCH3 is 1. The fourth-order valence-corrected chi connectivity index (χ4v) is 3.25. The van der Waals surface area contributed by atoms with Crippen LogP contribution in [0.1, 0.15) is 27.0 Å². The van der Waals surface area contributed by atoms with Gasteiger partial charge < -0.3 is 13.9 Å². The maximum absolute atomic E-state index is 12.0. The molecule has 0 aliphatic carbocycles. The molecule has 23 heavy (non-hydrogen) atoms. The molecule has 0 saturated carbocycles. The minimum absolute atomic E-state index is 0.0523. The lowest BCUT2D eigenvalue weighted by atomic mass is 10.4. The van der Waals surface area contributed by atoms with E-state index >= 15 is 0 Å². The molecule has 3 aromatic rings. The predicted octanol–water partition coefficient (Wildman–Crippen LogP) is 3.67. The standard InChI is InChI=1S/C15H14N2O4S2/c1-9-10(17-14(21-9)12-4-3-5-22-12)6-20-15(18)11-8-23-13(16-11)7-19-2/h3-5,8H,6-7H2,1-2H3. The summed E-state index contributed by atoms with van der Waals surface area (Å²) >= 11 is 2.90. The van der Waals surface area contributed by atoms with Gasteiger partial charge in [-0.25, -0.2) is 14.8 Å². The molecule has 120 valence electrons. The number of carbonyl (C=O) groups is 1. The third-order valence-corrected chi connectivity index (χ3v) is 4.67. The fraction of sp³-hybridized carbons (Fsp3) is 0.267. The van der Waals surface area contributed by atoms with Crippen molar-refractivity contribution in [3.8, 4) is 10.8 Å². The predicted molar refractivity (Wildman–Crippen MR) is 86.5 cm³/mol. The molecule has 6 nitrogen and oxygen atoms in total. The summed E-state index contributed by atoms with van der Waals surface area (Å²) in [4.78, 5) is 21.5. The van der Waals surface area contributed by atoms with E-state index in [4.69, 9.17) is 13.9 Å². The Balaban J connectivity index is 1.64. The average Bonchev–Trinajstić information content (AvgIpc) is 3.26. The summed E-state index contributed by atoms with van der Waals surface area (Å²) in [6, 6.07) is 3.86. The van der Waals surface area contributed by atoms with Gasteiger partial charge in [0.2, 0.25) is 5.89 Å². The van der Waals surface area contributed by atoms with E-state index in [0.29, 0.717) is 24.0 Å². The largest absolute Gasteiger partial charge is 0.454 e. The summed E-state index contributed by atoms with van der Waals surface area (Å²) in [6.45, 7) is 2.23. The minimum atomic E-state index is -0.483. The number of nitrogens with zero attached hydrogens (tertiary/aromatic N) is 2. The zero-order valence-electron chi connectivity index (χ0n) is 12.6. The highest BCUT2D eigenvalue weighted by Gasteiger charge is 2.16. The second-order valence-corrected chi connectivity index (χ2v) is 6.53. The topological polar surface area (TPSA) is 74.5 Å². The average molecular weight is 350 g/mol. The van der Waals surface area contributed by atoms with Gasteiger partial charge in [-0.05, 0) is 18.4 Å². The Hall–Kier alpha value is -2.03. The second-order valence-electron chi connectivity index (χ2n) is 4.63. The Labute approximate surface area is 140 Å². The maximum atomic E-state index is 12.0. The van der Waals surface area contributed by atoms with Crippen molar-refractivity contribution in [2.75, 3.05) is 7.11 Å². The molecule has 0 saturated heterocycles. The van der Waals surface area contributed by atoms with Crippen molar-refractivity contribution in [1.82, 2.24) is 9.97 Å². The molecule has 0 N–H and O–H groups in total. The number of hydrogen-bond donors (Lipinski definition) is 0. The number of carbonyl (C=O) groups excluding carboxylic acids is 1. The van der Waals surface area contributed by atoms with Gasteiger partial charge in [0.15, 0.2) is 5.69 Å². The van der Waals surface area contributed by atoms with Gasteiger partial charge in [-0.3, -0.25) is 0 Å². The number of oxazole rings is 1. The van der Waals surface area contributed by atoms with Crippen molar-refractivity contribution in [3.63, 3.8) is 0 Å². The molecular weight excluding hydrogens is 336 g/mol. The van der Waals surface area contributed by atoms with Gasteiger partial charge in [0, 0.05) is 12.5 Å².